The average Bonchev–Trinajstić information content (AvgIpc) is 2.13. The van der Waals surface area contributed by atoms with Crippen LogP contribution in [-0.4, -0.2) is 10.7 Å². The predicted octanol–water partition coefficient (Wildman–Crippen LogP) is 4.39. The molecule has 0 aliphatic heterocycles. The fraction of sp³-hybridized carbons (Fsp3) is 1.00. The first-order valence-electron chi connectivity index (χ1n) is 7.53. The highest BCUT2D eigenvalue weighted by Crippen LogP contribution is 2.50. The van der Waals surface area contributed by atoms with Crippen LogP contribution in [-0.2, 0) is 0 Å². The van der Waals surface area contributed by atoms with E-state index in [0.717, 1.165) is 18.8 Å². The van der Waals surface area contributed by atoms with Gasteiger partial charge in [0.15, 0.2) is 0 Å². The van der Waals surface area contributed by atoms with Gasteiger partial charge in [0.1, 0.15) is 0 Å². The molecule has 0 saturated heterocycles. The Morgan fingerprint density at radius 3 is 2.29 bits per heavy atom. The van der Waals surface area contributed by atoms with Crippen molar-refractivity contribution in [2.24, 2.45) is 23.2 Å². The maximum atomic E-state index is 11.1. The summed E-state index contributed by atoms with van der Waals surface area (Å²) in [5.74, 6) is 2.06. The molecule has 2 saturated carbocycles. The Bertz CT molecular complexity index is 271. The molecule has 0 heterocycles. The van der Waals surface area contributed by atoms with E-state index in [1.54, 1.807) is 0 Å². The first kappa shape index (κ1) is 13.4. The first-order valence-corrected chi connectivity index (χ1v) is 7.53. The molecule has 2 aliphatic carbocycles. The van der Waals surface area contributed by atoms with E-state index in [-0.39, 0.29) is 5.60 Å². The van der Waals surface area contributed by atoms with Crippen LogP contribution in [0.3, 0.4) is 0 Å². The molecule has 2 fully saturated rings. The molecule has 100 valence electrons. The van der Waals surface area contributed by atoms with Crippen LogP contribution in [0.4, 0.5) is 0 Å². The maximum Gasteiger partial charge on any atom is 0.0683 e. The van der Waals surface area contributed by atoms with E-state index >= 15 is 0 Å². The standard InChI is InChI=1S/C16H30O/c1-12-6-5-7-14(8-12)16(17)10-13(2)9-15(3,4)11-16/h12-14,17H,5-11H2,1-4H3. The maximum absolute atomic E-state index is 11.1. The Kier molecular flexibility index (Phi) is 3.60. The highest BCUT2D eigenvalue weighted by Gasteiger charge is 2.46. The molecule has 1 heteroatoms. The third kappa shape index (κ3) is 3.05. The third-order valence-electron chi connectivity index (χ3n) is 5.08. The molecule has 0 bridgehead atoms. The largest absolute Gasteiger partial charge is 0.390 e. The lowest BCUT2D eigenvalue weighted by atomic mass is 9.59. The van der Waals surface area contributed by atoms with Gasteiger partial charge in [-0.25, -0.2) is 0 Å². The highest BCUT2D eigenvalue weighted by molar-refractivity contribution is 4.98. The van der Waals surface area contributed by atoms with Crippen LogP contribution in [0.15, 0.2) is 0 Å². The van der Waals surface area contributed by atoms with Gasteiger partial charge in [0, 0.05) is 0 Å². The molecule has 0 aromatic heterocycles. The minimum atomic E-state index is -0.365. The average molecular weight is 238 g/mol. The van der Waals surface area contributed by atoms with Gasteiger partial charge in [-0.15, -0.1) is 0 Å². The van der Waals surface area contributed by atoms with Crippen molar-refractivity contribution in [2.45, 2.75) is 78.2 Å². The molecule has 1 N–H and O–H groups in total. The summed E-state index contributed by atoms with van der Waals surface area (Å²) in [7, 11) is 0. The third-order valence-corrected chi connectivity index (χ3v) is 5.08. The molecule has 17 heavy (non-hydrogen) atoms. The predicted molar refractivity (Wildman–Crippen MR) is 72.9 cm³/mol. The second kappa shape index (κ2) is 4.57. The van der Waals surface area contributed by atoms with Crippen molar-refractivity contribution in [3.05, 3.63) is 0 Å². The van der Waals surface area contributed by atoms with Crippen LogP contribution in [0.2, 0.25) is 0 Å². The monoisotopic (exact) mass is 238 g/mol. The summed E-state index contributed by atoms with van der Waals surface area (Å²) in [5.41, 5.74) is -0.0387. The van der Waals surface area contributed by atoms with Crippen LogP contribution in [0.1, 0.15) is 72.6 Å². The molecule has 2 rings (SSSR count). The molecule has 1 nitrogen and oxygen atoms in total. The normalized spacial score (nSPS) is 46.8. The summed E-state index contributed by atoms with van der Waals surface area (Å²) < 4.78 is 0. The summed E-state index contributed by atoms with van der Waals surface area (Å²) in [6.07, 6.45) is 8.52. The molecule has 0 amide bonds. The lowest BCUT2D eigenvalue weighted by Gasteiger charge is -2.50. The van der Waals surface area contributed by atoms with Crippen molar-refractivity contribution in [3.8, 4) is 0 Å². The molecule has 2 aliphatic rings. The van der Waals surface area contributed by atoms with Gasteiger partial charge in [0.2, 0.25) is 0 Å². The molecule has 0 aromatic carbocycles. The van der Waals surface area contributed by atoms with Gasteiger partial charge in [-0.3, -0.25) is 0 Å². The van der Waals surface area contributed by atoms with Crippen molar-refractivity contribution in [2.75, 3.05) is 0 Å². The second-order valence-electron chi connectivity index (χ2n) is 7.93. The Balaban J connectivity index is 2.11. The van der Waals surface area contributed by atoms with Crippen molar-refractivity contribution >= 4 is 0 Å². The fourth-order valence-corrected chi connectivity index (χ4v) is 4.83. The zero-order chi connectivity index (χ0) is 12.7. The van der Waals surface area contributed by atoms with Crippen LogP contribution in [0.25, 0.3) is 0 Å². The summed E-state index contributed by atoms with van der Waals surface area (Å²) in [6, 6.07) is 0. The van der Waals surface area contributed by atoms with E-state index in [1.807, 2.05) is 0 Å². The van der Waals surface area contributed by atoms with E-state index in [9.17, 15) is 5.11 Å². The van der Waals surface area contributed by atoms with E-state index in [0.29, 0.717) is 17.3 Å². The van der Waals surface area contributed by atoms with Crippen LogP contribution >= 0.6 is 0 Å². The molecule has 0 radical (unpaired) electrons. The van der Waals surface area contributed by atoms with E-state index in [4.69, 9.17) is 0 Å². The lowest BCUT2D eigenvalue weighted by Crippen LogP contribution is -2.48. The smallest absolute Gasteiger partial charge is 0.0683 e. The number of hydrogen-bond acceptors (Lipinski definition) is 1. The summed E-state index contributed by atoms with van der Waals surface area (Å²) in [5, 5.41) is 11.1. The zero-order valence-corrected chi connectivity index (χ0v) is 12.1. The van der Waals surface area contributed by atoms with Crippen LogP contribution in [0, 0.1) is 23.2 Å². The van der Waals surface area contributed by atoms with Gasteiger partial charge in [0.05, 0.1) is 5.60 Å². The van der Waals surface area contributed by atoms with Crippen molar-refractivity contribution < 1.29 is 5.11 Å². The molecular weight excluding hydrogens is 208 g/mol. The van der Waals surface area contributed by atoms with Gasteiger partial charge in [-0.2, -0.15) is 0 Å². The van der Waals surface area contributed by atoms with E-state index in [2.05, 4.69) is 27.7 Å². The topological polar surface area (TPSA) is 20.2 Å². The molecular formula is C16H30O. The zero-order valence-electron chi connectivity index (χ0n) is 12.1. The van der Waals surface area contributed by atoms with E-state index < -0.39 is 0 Å². The first-order chi connectivity index (χ1) is 7.81. The summed E-state index contributed by atoms with van der Waals surface area (Å²) >= 11 is 0. The molecule has 0 aromatic rings. The molecule has 4 atom stereocenters. The second-order valence-corrected chi connectivity index (χ2v) is 7.93. The number of rotatable bonds is 1. The van der Waals surface area contributed by atoms with Crippen LogP contribution in [0.5, 0.6) is 0 Å². The summed E-state index contributed by atoms with van der Waals surface area (Å²) in [6.45, 7) is 9.34. The van der Waals surface area contributed by atoms with Gasteiger partial charge in [-0.1, -0.05) is 40.5 Å². The Morgan fingerprint density at radius 2 is 1.71 bits per heavy atom. The van der Waals surface area contributed by atoms with Gasteiger partial charge in [-0.05, 0) is 55.3 Å². The minimum absolute atomic E-state index is 0.326. The van der Waals surface area contributed by atoms with Gasteiger partial charge in [0.25, 0.3) is 0 Å². The number of hydrogen-bond donors (Lipinski definition) is 1. The van der Waals surface area contributed by atoms with Crippen molar-refractivity contribution in [1.29, 1.82) is 0 Å². The van der Waals surface area contributed by atoms with Gasteiger partial charge >= 0.3 is 0 Å². The SMILES string of the molecule is CC1CCCC(C2(O)CC(C)CC(C)(C)C2)C1. The minimum Gasteiger partial charge on any atom is -0.390 e. The Labute approximate surface area is 107 Å². The quantitative estimate of drug-likeness (QED) is 0.718. The number of aliphatic hydroxyl groups is 1. The Morgan fingerprint density at radius 1 is 1.00 bits per heavy atom. The van der Waals surface area contributed by atoms with Crippen molar-refractivity contribution in [3.63, 3.8) is 0 Å². The fourth-order valence-electron chi connectivity index (χ4n) is 4.83. The Hall–Kier alpha value is -0.0400. The van der Waals surface area contributed by atoms with Gasteiger partial charge < -0.3 is 5.11 Å². The summed E-state index contributed by atoms with van der Waals surface area (Å²) in [4.78, 5) is 0. The molecule has 4 unspecified atom stereocenters. The van der Waals surface area contributed by atoms with Crippen molar-refractivity contribution in [1.82, 2.24) is 0 Å². The highest BCUT2D eigenvalue weighted by atomic mass is 16.3. The van der Waals surface area contributed by atoms with Crippen LogP contribution < -0.4 is 0 Å². The molecule has 0 spiro atoms. The van der Waals surface area contributed by atoms with E-state index in [1.165, 1.54) is 32.1 Å². The lowest BCUT2D eigenvalue weighted by molar-refractivity contribution is -0.112.